The summed E-state index contributed by atoms with van der Waals surface area (Å²) in [5.74, 6) is -0.684. The van der Waals surface area contributed by atoms with Gasteiger partial charge in [-0.2, -0.15) is 4.52 Å². The van der Waals surface area contributed by atoms with Crippen molar-refractivity contribution in [1.29, 1.82) is 0 Å². The van der Waals surface area contributed by atoms with Crippen LogP contribution in [0.2, 0.25) is 5.02 Å². The zero-order valence-corrected chi connectivity index (χ0v) is 9.59. The highest BCUT2D eigenvalue weighted by atomic mass is 35.5. The molecule has 90 valence electrons. The first-order chi connectivity index (χ1) is 8.70. The second-order valence-electron chi connectivity index (χ2n) is 3.62. The molecule has 3 aromatic rings. The third kappa shape index (κ3) is 1.49. The van der Waals surface area contributed by atoms with Crippen molar-refractivity contribution >= 4 is 34.1 Å². The third-order valence-corrected chi connectivity index (χ3v) is 2.81. The monoisotopic (exact) mass is 263 g/mol. The Morgan fingerprint density at radius 2 is 2.22 bits per heavy atom. The van der Waals surface area contributed by atoms with Crippen molar-refractivity contribution in [2.75, 3.05) is 0 Å². The Bertz CT molecular complexity index is 769. The van der Waals surface area contributed by atoms with Crippen molar-refractivity contribution in [3.8, 4) is 0 Å². The molecule has 18 heavy (non-hydrogen) atoms. The number of aromatic nitrogens is 4. The number of hydroxylamine groups is 1. The second kappa shape index (κ2) is 3.90. The standard InChI is InChI=1S/C10H6ClN5O2/c11-6-1-2-8-5(3-6)4-7(10(17)13-18)9-12-14-15-16(8)9/h1-4,18H,(H,13,17). The Morgan fingerprint density at radius 1 is 1.39 bits per heavy atom. The largest absolute Gasteiger partial charge is 0.288 e. The fourth-order valence-corrected chi connectivity index (χ4v) is 1.98. The lowest BCUT2D eigenvalue weighted by Gasteiger charge is -2.04. The first kappa shape index (κ1) is 10.9. The van der Waals surface area contributed by atoms with Gasteiger partial charge in [0.1, 0.15) is 0 Å². The number of hydrogen-bond donors (Lipinski definition) is 2. The number of carbonyl (C=O) groups excluding carboxylic acids is 1. The van der Waals surface area contributed by atoms with Crippen LogP contribution in [0.4, 0.5) is 0 Å². The molecule has 7 nitrogen and oxygen atoms in total. The lowest BCUT2D eigenvalue weighted by Crippen LogP contribution is -2.19. The van der Waals surface area contributed by atoms with Crippen LogP contribution in [0.15, 0.2) is 24.3 Å². The number of tetrazole rings is 1. The quantitative estimate of drug-likeness (QED) is 0.506. The van der Waals surface area contributed by atoms with E-state index in [4.69, 9.17) is 16.8 Å². The number of halogens is 1. The van der Waals surface area contributed by atoms with E-state index in [2.05, 4.69) is 15.5 Å². The van der Waals surface area contributed by atoms with Gasteiger partial charge >= 0.3 is 0 Å². The molecule has 0 aliphatic carbocycles. The normalized spacial score (nSPS) is 11.0. The number of nitrogens with zero attached hydrogens (tertiary/aromatic N) is 4. The van der Waals surface area contributed by atoms with E-state index in [9.17, 15) is 4.79 Å². The maximum absolute atomic E-state index is 11.6. The minimum Gasteiger partial charge on any atom is -0.288 e. The van der Waals surface area contributed by atoms with Gasteiger partial charge in [-0.3, -0.25) is 10.0 Å². The Balaban J connectivity index is 2.47. The summed E-state index contributed by atoms with van der Waals surface area (Å²) in [4.78, 5) is 11.6. The van der Waals surface area contributed by atoms with Crippen LogP contribution in [0, 0.1) is 0 Å². The molecule has 0 atom stereocenters. The fraction of sp³-hybridized carbons (Fsp3) is 0. The fourth-order valence-electron chi connectivity index (χ4n) is 1.80. The first-order valence-corrected chi connectivity index (χ1v) is 5.33. The van der Waals surface area contributed by atoms with Crippen LogP contribution in [-0.4, -0.2) is 31.2 Å². The lowest BCUT2D eigenvalue weighted by molar-refractivity contribution is 0.0707. The van der Waals surface area contributed by atoms with E-state index in [1.165, 1.54) is 4.52 Å². The van der Waals surface area contributed by atoms with Gasteiger partial charge in [0.25, 0.3) is 5.91 Å². The van der Waals surface area contributed by atoms with Crippen LogP contribution in [0.5, 0.6) is 0 Å². The van der Waals surface area contributed by atoms with Crippen molar-refractivity contribution in [2.45, 2.75) is 0 Å². The molecule has 1 amide bonds. The van der Waals surface area contributed by atoms with Crippen LogP contribution in [0.1, 0.15) is 10.4 Å². The summed E-state index contributed by atoms with van der Waals surface area (Å²) < 4.78 is 1.41. The number of hydrogen-bond acceptors (Lipinski definition) is 5. The maximum atomic E-state index is 11.6. The number of fused-ring (bicyclic) bond motifs is 3. The lowest BCUT2D eigenvalue weighted by atomic mass is 10.1. The van der Waals surface area contributed by atoms with E-state index < -0.39 is 5.91 Å². The highest BCUT2D eigenvalue weighted by Gasteiger charge is 2.15. The van der Waals surface area contributed by atoms with E-state index >= 15 is 0 Å². The number of pyridine rings is 1. The summed E-state index contributed by atoms with van der Waals surface area (Å²) in [6.07, 6.45) is 0. The molecule has 2 aromatic heterocycles. The molecule has 0 saturated carbocycles. The molecule has 0 unspecified atom stereocenters. The van der Waals surface area contributed by atoms with Crippen LogP contribution < -0.4 is 5.48 Å². The zero-order chi connectivity index (χ0) is 12.7. The van der Waals surface area contributed by atoms with Gasteiger partial charge in [0.2, 0.25) is 0 Å². The molecular weight excluding hydrogens is 258 g/mol. The van der Waals surface area contributed by atoms with Gasteiger partial charge in [0, 0.05) is 10.4 Å². The minimum atomic E-state index is -0.684. The molecule has 0 radical (unpaired) electrons. The van der Waals surface area contributed by atoms with Crippen LogP contribution in [0.25, 0.3) is 16.6 Å². The van der Waals surface area contributed by atoms with Gasteiger partial charge in [0.05, 0.1) is 11.1 Å². The Morgan fingerprint density at radius 3 is 3.00 bits per heavy atom. The van der Waals surface area contributed by atoms with E-state index in [0.717, 1.165) is 0 Å². The van der Waals surface area contributed by atoms with Gasteiger partial charge in [-0.1, -0.05) is 11.6 Å². The van der Waals surface area contributed by atoms with E-state index in [0.29, 0.717) is 15.9 Å². The smallest absolute Gasteiger partial charge is 0.278 e. The minimum absolute atomic E-state index is 0.164. The molecule has 0 aliphatic rings. The second-order valence-corrected chi connectivity index (χ2v) is 4.05. The van der Waals surface area contributed by atoms with Gasteiger partial charge < -0.3 is 0 Å². The molecule has 0 bridgehead atoms. The molecule has 0 saturated heterocycles. The van der Waals surface area contributed by atoms with Crippen molar-refractivity contribution in [3.05, 3.63) is 34.9 Å². The van der Waals surface area contributed by atoms with Crippen LogP contribution >= 0.6 is 11.6 Å². The number of benzene rings is 1. The van der Waals surface area contributed by atoms with E-state index in [1.807, 2.05) is 0 Å². The Hall–Kier alpha value is -2.25. The molecule has 1 aromatic carbocycles. The number of carbonyl (C=O) groups is 1. The molecule has 8 heteroatoms. The zero-order valence-electron chi connectivity index (χ0n) is 8.83. The Kier molecular flexibility index (Phi) is 2.35. The Labute approximate surface area is 105 Å². The number of nitrogens with one attached hydrogen (secondary N) is 1. The third-order valence-electron chi connectivity index (χ3n) is 2.57. The van der Waals surface area contributed by atoms with E-state index in [-0.39, 0.29) is 11.2 Å². The van der Waals surface area contributed by atoms with Crippen LogP contribution in [0.3, 0.4) is 0 Å². The van der Waals surface area contributed by atoms with Crippen molar-refractivity contribution in [2.24, 2.45) is 0 Å². The predicted octanol–water partition coefficient (Wildman–Crippen LogP) is 1.05. The molecule has 0 fully saturated rings. The molecule has 2 N–H and O–H groups in total. The number of amides is 1. The van der Waals surface area contributed by atoms with Crippen molar-refractivity contribution < 1.29 is 10.0 Å². The summed E-state index contributed by atoms with van der Waals surface area (Å²) in [5.41, 5.74) is 2.70. The van der Waals surface area contributed by atoms with Gasteiger partial charge in [-0.05, 0) is 34.7 Å². The molecule has 2 heterocycles. The topological polar surface area (TPSA) is 92.4 Å². The molecule has 0 spiro atoms. The average Bonchev–Trinajstić information content (AvgIpc) is 2.85. The van der Waals surface area contributed by atoms with Crippen LogP contribution in [-0.2, 0) is 0 Å². The van der Waals surface area contributed by atoms with Crippen molar-refractivity contribution in [1.82, 2.24) is 25.5 Å². The highest BCUT2D eigenvalue weighted by Crippen LogP contribution is 2.22. The number of rotatable bonds is 1. The summed E-state index contributed by atoms with van der Waals surface area (Å²) in [6.45, 7) is 0. The average molecular weight is 264 g/mol. The first-order valence-electron chi connectivity index (χ1n) is 4.95. The predicted molar refractivity (Wildman–Crippen MR) is 62.6 cm³/mol. The molecular formula is C10H6ClN5O2. The maximum Gasteiger partial charge on any atom is 0.278 e. The van der Waals surface area contributed by atoms with Crippen molar-refractivity contribution in [3.63, 3.8) is 0 Å². The molecule has 3 rings (SSSR count). The SMILES string of the molecule is O=C(NO)c1cc2cc(Cl)ccc2n2nnnc12. The van der Waals surface area contributed by atoms with Gasteiger partial charge in [-0.15, -0.1) is 5.10 Å². The highest BCUT2D eigenvalue weighted by molar-refractivity contribution is 6.31. The summed E-state index contributed by atoms with van der Waals surface area (Å²) >= 11 is 5.90. The van der Waals surface area contributed by atoms with Gasteiger partial charge in [-0.25, -0.2) is 5.48 Å². The molecule has 0 aliphatic heterocycles. The summed E-state index contributed by atoms with van der Waals surface area (Å²) in [6, 6.07) is 6.71. The van der Waals surface area contributed by atoms with Gasteiger partial charge in [0.15, 0.2) is 5.65 Å². The summed E-state index contributed by atoms with van der Waals surface area (Å²) in [5, 5.41) is 21.0. The van der Waals surface area contributed by atoms with E-state index in [1.54, 1.807) is 29.7 Å². The summed E-state index contributed by atoms with van der Waals surface area (Å²) in [7, 11) is 0.